The van der Waals surface area contributed by atoms with Crippen molar-refractivity contribution in [2.24, 2.45) is 0 Å². The number of hydrogen-bond acceptors (Lipinski definition) is 5. The Morgan fingerprint density at radius 1 is 1.04 bits per heavy atom. The highest BCUT2D eigenvalue weighted by Crippen LogP contribution is 2.15. The van der Waals surface area contributed by atoms with Crippen molar-refractivity contribution in [1.29, 1.82) is 0 Å². The lowest BCUT2D eigenvalue weighted by Crippen LogP contribution is -2.42. The fraction of sp³-hybridized carbons (Fsp3) is 0.158. The van der Waals surface area contributed by atoms with Gasteiger partial charge in [0.15, 0.2) is 0 Å². The third-order valence-corrected chi connectivity index (χ3v) is 3.83. The summed E-state index contributed by atoms with van der Waals surface area (Å²) in [4.78, 5) is 31.8. The van der Waals surface area contributed by atoms with Gasteiger partial charge in [0.1, 0.15) is 19.0 Å². The quantitative estimate of drug-likeness (QED) is 0.708. The lowest BCUT2D eigenvalue weighted by atomic mass is 10.1. The minimum absolute atomic E-state index is 0.0266. The van der Waals surface area contributed by atoms with Crippen LogP contribution in [0.5, 0.6) is 0 Å². The van der Waals surface area contributed by atoms with Crippen LogP contribution in [0.25, 0.3) is 10.9 Å². The van der Waals surface area contributed by atoms with Crippen LogP contribution in [0, 0.1) is 0 Å². The zero-order chi connectivity index (χ0) is 18.4. The number of aliphatic carboxylic acids is 1. The third-order valence-electron chi connectivity index (χ3n) is 3.83. The number of hydrogen-bond donors (Lipinski definition) is 2. The summed E-state index contributed by atoms with van der Waals surface area (Å²) in [7, 11) is 0. The standard InChI is InChI=1S/C19H17N3O4/c23-18(24)17(22-19(25)26-11-13-6-2-1-3-7-13)10-16-14-8-4-5-9-15(14)20-12-21-16/h1-9,12,17H,10-11H2,(H,22,25)(H,23,24)/t17-/m0/s1. The number of para-hydroxylation sites is 1. The zero-order valence-corrected chi connectivity index (χ0v) is 13.8. The summed E-state index contributed by atoms with van der Waals surface area (Å²) in [5.74, 6) is -1.16. The van der Waals surface area contributed by atoms with E-state index >= 15 is 0 Å². The first-order valence-electron chi connectivity index (χ1n) is 8.02. The molecule has 132 valence electrons. The number of alkyl carbamates (subject to hydrolysis) is 1. The number of aromatic nitrogens is 2. The number of nitrogens with zero attached hydrogens (tertiary/aromatic N) is 2. The summed E-state index contributed by atoms with van der Waals surface area (Å²) in [5, 5.41) is 12.6. The predicted molar refractivity (Wildman–Crippen MR) is 94.4 cm³/mol. The van der Waals surface area contributed by atoms with Crippen molar-refractivity contribution in [1.82, 2.24) is 15.3 Å². The molecule has 3 aromatic rings. The van der Waals surface area contributed by atoms with Crippen LogP contribution in [0.1, 0.15) is 11.3 Å². The number of nitrogens with one attached hydrogen (secondary N) is 1. The van der Waals surface area contributed by atoms with Crippen molar-refractivity contribution >= 4 is 23.0 Å². The second-order valence-electron chi connectivity index (χ2n) is 5.64. The smallest absolute Gasteiger partial charge is 0.408 e. The molecule has 0 unspecified atom stereocenters. The van der Waals surface area contributed by atoms with Gasteiger partial charge in [-0.2, -0.15) is 0 Å². The van der Waals surface area contributed by atoms with E-state index < -0.39 is 18.1 Å². The topological polar surface area (TPSA) is 101 Å². The summed E-state index contributed by atoms with van der Waals surface area (Å²) in [5.41, 5.74) is 2.08. The first-order valence-corrected chi connectivity index (χ1v) is 8.02. The van der Waals surface area contributed by atoms with Crippen LogP contribution >= 0.6 is 0 Å². The van der Waals surface area contributed by atoms with E-state index in [1.54, 1.807) is 0 Å². The van der Waals surface area contributed by atoms with Crippen LogP contribution in [0.15, 0.2) is 60.9 Å². The number of carboxylic acid groups (broad SMARTS) is 1. The van der Waals surface area contributed by atoms with Gasteiger partial charge in [0.05, 0.1) is 11.2 Å². The molecule has 0 bridgehead atoms. The normalized spacial score (nSPS) is 11.7. The maximum absolute atomic E-state index is 12.0. The van der Waals surface area contributed by atoms with Crippen LogP contribution in [-0.2, 0) is 22.6 Å². The Bertz CT molecular complexity index is 910. The lowest BCUT2D eigenvalue weighted by Gasteiger charge is -2.15. The molecule has 0 spiro atoms. The maximum Gasteiger partial charge on any atom is 0.408 e. The van der Waals surface area contributed by atoms with E-state index in [1.807, 2.05) is 54.6 Å². The van der Waals surface area contributed by atoms with Gasteiger partial charge in [-0.25, -0.2) is 19.6 Å². The number of fused-ring (bicyclic) bond motifs is 1. The molecule has 1 atom stereocenters. The molecule has 26 heavy (non-hydrogen) atoms. The van der Waals surface area contributed by atoms with E-state index in [0.29, 0.717) is 11.2 Å². The molecule has 0 aliphatic heterocycles. The van der Waals surface area contributed by atoms with E-state index in [1.165, 1.54) is 6.33 Å². The van der Waals surface area contributed by atoms with E-state index in [2.05, 4.69) is 15.3 Å². The molecule has 1 aromatic heterocycles. The van der Waals surface area contributed by atoms with Gasteiger partial charge in [-0.1, -0.05) is 48.5 Å². The average Bonchev–Trinajstić information content (AvgIpc) is 2.67. The van der Waals surface area contributed by atoms with Crippen LogP contribution in [0.4, 0.5) is 4.79 Å². The van der Waals surface area contributed by atoms with Gasteiger partial charge in [0.2, 0.25) is 0 Å². The molecule has 2 aromatic carbocycles. The molecule has 0 fully saturated rings. The van der Waals surface area contributed by atoms with Crippen molar-refractivity contribution in [3.8, 4) is 0 Å². The number of carbonyl (C=O) groups is 2. The summed E-state index contributed by atoms with van der Waals surface area (Å²) in [6.45, 7) is 0.0649. The Morgan fingerprint density at radius 2 is 1.77 bits per heavy atom. The molecule has 0 saturated heterocycles. The van der Waals surface area contributed by atoms with Gasteiger partial charge in [0, 0.05) is 11.8 Å². The fourth-order valence-electron chi connectivity index (χ4n) is 2.52. The summed E-state index contributed by atoms with van der Waals surface area (Å²) < 4.78 is 5.09. The first kappa shape index (κ1) is 17.3. The monoisotopic (exact) mass is 351 g/mol. The number of rotatable bonds is 6. The Morgan fingerprint density at radius 3 is 2.54 bits per heavy atom. The van der Waals surface area contributed by atoms with Gasteiger partial charge in [0.25, 0.3) is 0 Å². The molecule has 0 saturated carbocycles. The fourth-order valence-corrected chi connectivity index (χ4v) is 2.52. The first-order chi connectivity index (χ1) is 12.6. The second kappa shape index (κ2) is 8.06. The maximum atomic E-state index is 12.0. The zero-order valence-electron chi connectivity index (χ0n) is 13.8. The molecule has 0 radical (unpaired) electrons. The number of carbonyl (C=O) groups excluding carboxylic acids is 1. The summed E-state index contributed by atoms with van der Waals surface area (Å²) in [6, 6.07) is 15.3. The van der Waals surface area contributed by atoms with Gasteiger partial charge in [-0.15, -0.1) is 0 Å². The third kappa shape index (κ3) is 4.32. The average molecular weight is 351 g/mol. The molecule has 7 heteroatoms. The van der Waals surface area contributed by atoms with E-state index in [9.17, 15) is 14.7 Å². The molecule has 7 nitrogen and oxygen atoms in total. The van der Waals surface area contributed by atoms with Crippen LogP contribution in [0.3, 0.4) is 0 Å². The van der Waals surface area contributed by atoms with Crippen molar-refractivity contribution in [3.05, 3.63) is 72.2 Å². The molecule has 0 aliphatic carbocycles. The van der Waals surface area contributed by atoms with Crippen molar-refractivity contribution < 1.29 is 19.4 Å². The Hall–Kier alpha value is -3.48. The molecule has 1 heterocycles. The predicted octanol–water partition coefficient (Wildman–Crippen LogP) is 2.55. The van der Waals surface area contributed by atoms with Crippen LogP contribution in [0.2, 0.25) is 0 Å². The van der Waals surface area contributed by atoms with Gasteiger partial charge in [-0.05, 0) is 11.6 Å². The van der Waals surface area contributed by atoms with E-state index in [0.717, 1.165) is 10.9 Å². The SMILES string of the molecule is O=C(N[C@@H](Cc1ncnc2ccccc12)C(=O)O)OCc1ccccc1. The summed E-state index contributed by atoms with van der Waals surface area (Å²) in [6.07, 6.45) is 0.614. The van der Waals surface area contributed by atoms with Crippen molar-refractivity contribution in [2.45, 2.75) is 19.1 Å². The highest BCUT2D eigenvalue weighted by atomic mass is 16.5. The number of amides is 1. The Kier molecular flexibility index (Phi) is 5.38. The Labute approximate surface area is 149 Å². The minimum atomic E-state index is -1.16. The second-order valence-corrected chi connectivity index (χ2v) is 5.64. The molecule has 1 amide bonds. The number of carboxylic acids is 1. The molecular formula is C19H17N3O4. The molecule has 0 aliphatic rings. The van der Waals surface area contributed by atoms with Crippen molar-refractivity contribution in [2.75, 3.05) is 0 Å². The highest BCUT2D eigenvalue weighted by Gasteiger charge is 2.23. The summed E-state index contributed by atoms with van der Waals surface area (Å²) >= 11 is 0. The van der Waals surface area contributed by atoms with Gasteiger partial charge in [-0.3, -0.25) is 0 Å². The Balaban J connectivity index is 1.67. The van der Waals surface area contributed by atoms with Crippen LogP contribution in [-0.4, -0.2) is 33.2 Å². The molecular weight excluding hydrogens is 334 g/mol. The van der Waals surface area contributed by atoms with Gasteiger partial charge < -0.3 is 15.2 Å². The largest absolute Gasteiger partial charge is 0.480 e. The minimum Gasteiger partial charge on any atom is -0.480 e. The number of ether oxygens (including phenoxy) is 1. The highest BCUT2D eigenvalue weighted by molar-refractivity contribution is 5.83. The molecule has 3 rings (SSSR count). The van der Waals surface area contributed by atoms with Gasteiger partial charge >= 0.3 is 12.1 Å². The van der Waals surface area contributed by atoms with Crippen LogP contribution < -0.4 is 5.32 Å². The van der Waals surface area contributed by atoms with Crippen molar-refractivity contribution in [3.63, 3.8) is 0 Å². The number of benzene rings is 2. The molecule has 2 N–H and O–H groups in total. The lowest BCUT2D eigenvalue weighted by molar-refractivity contribution is -0.139. The van der Waals surface area contributed by atoms with E-state index in [-0.39, 0.29) is 13.0 Å². The van der Waals surface area contributed by atoms with E-state index in [4.69, 9.17) is 4.74 Å².